The summed E-state index contributed by atoms with van der Waals surface area (Å²) in [6.07, 6.45) is 0.377. The minimum absolute atomic E-state index is 0.164. The summed E-state index contributed by atoms with van der Waals surface area (Å²) in [5.41, 5.74) is 4.26. The highest BCUT2D eigenvalue weighted by Crippen LogP contribution is 2.23. The molecule has 0 unspecified atom stereocenters. The molecular weight excluding hydrogens is 238 g/mol. The van der Waals surface area contributed by atoms with E-state index in [0.29, 0.717) is 6.42 Å². The normalized spacial score (nSPS) is 11.4. The highest BCUT2D eigenvalue weighted by Gasteiger charge is 2.15. The van der Waals surface area contributed by atoms with Crippen molar-refractivity contribution in [3.05, 3.63) is 23.8 Å². The molecule has 1 rings (SSSR count). The van der Waals surface area contributed by atoms with Crippen LogP contribution in [0, 0.1) is 11.6 Å². The fourth-order valence-electron chi connectivity index (χ4n) is 1.17. The van der Waals surface area contributed by atoms with Gasteiger partial charge in [0.15, 0.2) is 5.82 Å². The van der Waals surface area contributed by atoms with Crippen molar-refractivity contribution in [2.75, 3.05) is 16.2 Å². The van der Waals surface area contributed by atoms with E-state index in [0.717, 1.165) is 12.1 Å². The lowest BCUT2D eigenvalue weighted by atomic mass is 10.2. The van der Waals surface area contributed by atoms with Crippen molar-refractivity contribution in [2.24, 2.45) is 0 Å². The highest BCUT2D eigenvalue weighted by atomic mass is 32.2. The van der Waals surface area contributed by atoms with Crippen molar-refractivity contribution in [1.29, 1.82) is 0 Å². The minimum Gasteiger partial charge on any atom is -0.396 e. The Hall–Kier alpha value is -1.37. The number of hydrogen-bond acceptors (Lipinski definition) is 3. The average Bonchev–Trinajstić information content (AvgIpc) is 2.12. The first-order chi connectivity index (χ1) is 7.35. The lowest BCUT2D eigenvalue weighted by Crippen LogP contribution is -2.17. The Bertz CT molecular complexity index is 489. The lowest BCUT2D eigenvalue weighted by Gasteiger charge is -2.09. The first kappa shape index (κ1) is 12.7. The van der Waals surface area contributed by atoms with Gasteiger partial charge in [0, 0.05) is 6.07 Å². The van der Waals surface area contributed by atoms with Crippen molar-refractivity contribution in [2.45, 2.75) is 13.3 Å². The second-order valence-electron chi connectivity index (χ2n) is 3.28. The molecule has 0 atom stereocenters. The van der Waals surface area contributed by atoms with E-state index in [1.165, 1.54) is 0 Å². The first-order valence-corrected chi connectivity index (χ1v) is 6.26. The molecule has 0 saturated heterocycles. The van der Waals surface area contributed by atoms with Crippen LogP contribution in [0.4, 0.5) is 20.2 Å². The molecule has 0 heterocycles. The predicted octanol–water partition coefficient (Wildman–Crippen LogP) is 1.70. The molecule has 0 aliphatic rings. The summed E-state index contributed by atoms with van der Waals surface area (Å²) in [6.45, 7) is 1.66. The molecule has 0 amide bonds. The van der Waals surface area contributed by atoms with E-state index in [1.807, 2.05) is 4.72 Å². The van der Waals surface area contributed by atoms with Crippen LogP contribution in [0.5, 0.6) is 0 Å². The van der Waals surface area contributed by atoms with Crippen molar-refractivity contribution in [3.8, 4) is 0 Å². The van der Waals surface area contributed by atoms with E-state index in [9.17, 15) is 17.2 Å². The molecule has 3 N–H and O–H groups in total. The monoisotopic (exact) mass is 250 g/mol. The third-order valence-electron chi connectivity index (χ3n) is 1.80. The average molecular weight is 250 g/mol. The molecular formula is C9H12F2N2O2S. The second-order valence-corrected chi connectivity index (χ2v) is 5.12. The van der Waals surface area contributed by atoms with Crippen LogP contribution >= 0.6 is 0 Å². The topological polar surface area (TPSA) is 72.2 Å². The molecule has 7 heteroatoms. The van der Waals surface area contributed by atoms with Crippen molar-refractivity contribution < 1.29 is 17.2 Å². The molecule has 0 fully saturated rings. The van der Waals surface area contributed by atoms with Crippen LogP contribution in [0.1, 0.15) is 13.3 Å². The van der Waals surface area contributed by atoms with Crippen LogP contribution in [0.15, 0.2) is 12.1 Å². The van der Waals surface area contributed by atoms with E-state index < -0.39 is 33.0 Å². The zero-order valence-electron chi connectivity index (χ0n) is 8.63. The quantitative estimate of drug-likeness (QED) is 0.799. The summed E-state index contributed by atoms with van der Waals surface area (Å²) in [4.78, 5) is 0. The third kappa shape index (κ3) is 3.06. The maximum atomic E-state index is 13.3. The van der Waals surface area contributed by atoms with Crippen LogP contribution in [0.3, 0.4) is 0 Å². The van der Waals surface area contributed by atoms with Gasteiger partial charge in [0.2, 0.25) is 10.0 Å². The Morgan fingerprint density at radius 3 is 2.56 bits per heavy atom. The van der Waals surface area contributed by atoms with Gasteiger partial charge >= 0.3 is 0 Å². The lowest BCUT2D eigenvalue weighted by molar-refractivity contribution is 0.595. The molecule has 4 nitrogen and oxygen atoms in total. The summed E-state index contributed by atoms with van der Waals surface area (Å²) >= 11 is 0. The van der Waals surface area contributed by atoms with Gasteiger partial charge in [-0.25, -0.2) is 17.2 Å². The van der Waals surface area contributed by atoms with Gasteiger partial charge < -0.3 is 5.73 Å². The van der Waals surface area contributed by atoms with E-state index >= 15 is 0 Å². The van der Waals surface area contributed by atoms with E-state index in [2.05, 4.69) is 0 Å². The number of nitrogens with two attached hydrogens (primary N) is 1. The molecule has 90 valence electrons. The van der Waals surface area contributed by atoms with E-state index in [1.54, 1.807) is 6.92 Å². The number of sulfonamides is 1. The fourth-order valence-corrected chi connectivity index (χ4v) is 2.30. The van der Waals surface area contributed by atoms with Gasteiger partial charge in [-0.05, 0) is 12.5 Å². The van der Waals surface area contributed by atoms with Gasteiger partial charge in [-0.1, -0.05) is 6.92 Å². The highest BCUT2D eigenvalue weighted by molar-refractivity contribution is 7.92. The van der Waals surface area contributed by atoms with Crippen LogP contribution in [-0.2, 0) is 10.0 Å². The number of anilines is 2. The van der Waals surface area contributed by atoms with Crippen LogP contribution < -0.4 is 10.5 Å². The number of hydrogen-bond donors (Lipinski definition) is 2. The van der Waals surface area contributed by atoms with Crippen LogP contribution in [0.25, 0.3) is 0 Å². The molecule has 0 aliphatic heterocycles. The number of nitrogens with one attached hydrogen (secondary N) is 1. The summed E-state index contributed by atoms with van der Waals surface area (Å²) in [6, 6.07) is 1.53. The second kappa shape index (κ2) is 4.65. The molecule has 0 saturated carbocycles. The summed E-state index contributed by atoms with van der Waals surface area (Å²) in [7, 11) is -3.65. The van der Waals surface area contributed by atoms with Crippen molar-refractivity contribution >= 4 is 21.4 Å². The van der Waals surface area contributed by atoms with Gasteiger partial charge in [-0.15, -0.1) is 0 Å². The Morgan fingerprint density at radius 1 is 1.38 bits per heavy atom. The summed E-state index contributed by atoms with van der Waals surface area (Å²) < 4.78 is 50.8. The van der Waals surface area contributed by atoms with Crippen molar-refractivity contribution in [1.82, 2.24) is 0 Å². The number of halogens is 2. The van der Waals surface area contributed by atoms with Gasteiger partial charge in [0.1, 0.15) is 5.82 Å². The van der Waals surface area contributed by atoms with E-state index in [4.69, 9.17) is 5.73 Å². The van der Waals surface area contributed by atoms with Gasteiger partial charge in [-0.2, -0.15) is 0 Å². The third-order valence-corrected chi connectivity index (χ3v) is 3.28. The standard InChI is InChI=1S/C9H12F2N2O2S/c1-2-3-16(14,15)13-8-5-6(10)4-7(12)9(8)11/h4-5,13H,2-3,12H2,1H3. The largest absolute Gasteiger partial charge is 0.396 e. The SMILES string of the molecule is CCCS(=O)(=O)Nc1cc(F)cc(N)c1F. The van der Waals surface area contributed by atoms with Gasteiger partial charge in [0.25, 0.3) is 0 Å². The Balaban J connectivity index is 3.07. The zero-order chi connectivity index (χ0) is 12.3. The Labute approximate surface area is 92.5 Å². The Kier molecular flexibility index (Phi) is 3.69. The van der Waals surface area contributed by atoms with Crippen molar-refractivity contribution in [3.63, 3.8) is 0 Å². The van der Waals surface area contributed by atoms with Gasteiger partial charge in [0.05, 0.1) is 17.1 Å². The maximum absolute atomic E-state index is 13.3. The number of rotatable bonds is 4. The summed E-state index contributed by atoms with van der Waals surface area (Å²) in [5.74, 6) is -1.93. The smallest absolute Gasteiger partial charge is 0.232 e. The van der Waals surface area contributed by atoms with E-state index in [-0.39, 0.29) is 5.75 Å². The Morgan fingerprint density at radius 2 is 2.00 bits per heavy atom. The molecule has 1 aromatic rings. The number of nitrogen functional groups attached to an aromatic ring is 1. The molecule has 0 spiro atoms. The first-order valence-electron chi connectivity index (χ1n) is 4.60. The minimum atomic E-state index is -3.65. The molecule has 0 radical (unpaired) electrons. The number of benzene rings is 1. The molecule has 16 heavy (non-hydrogen) atoms. The van der Waals surface area contributed by atoms with Crippen LogP contribution in [0.2, 0.25) is 0 Å². The molecule has 0 aromatic heterocycles. The fraction of sp³-hybridized carbons (Fsp3) is 0.333. The molecule has 0 bridgehead atoms. The summed E-state index contributed by atoms with van der Waals surface area (Å²) in [5, 5.41) is 0. The zero-order valence-corrected chi connectivity index (χ0v) is 9.44. The van der Waals surface area contributed by atoms with Gasteiger partial charge in [-0.3, -0.25) is 4.72 Å². The maximum Gasteiger partial charge on any atom is 0.232 e. The molecule has 0 aliphatic carbocycles. The molecule has 1 aromatic carbocycles. The predicted molar refractivity (Wildman–Crippen MR) is 58.5 cm³/mol. The van der Waals surface area contributed by atoms with Crippen LogP contribution in [-0.4, -0.2) is 14.2 Å².